The second-order valence-electron chi connectivity index (χ2n) is 4.88. The van der Waals surface area contributed by atoms with E-state index in [-0.39, 0.29) is 0 Å². The zero-order valence-electron chi connectivity index (χ0n) is 10.4. The Hall–Kier alpha value is -1.09. The molecule has 1 aromatic heterocycles. The number of pyridine rings is 1. The second-order valence-corrected chi connectivity index (χ2v) is 4.88. The van der Waals surface area contributed by atoms with Crippen molar-refractivity contribution in [1.29, 1.82) is 0 Å². The van der Waals surface area contributed by atoms with Gasteiger partial charge >= 0.3 is 0 Å². The van der Waals surface area contributed by atoms with Gasteiger partial charge in [-0.1, -0.05) is 19.9 Å². The summed E-state index contributed by atoms with van der Waals surface area (Å²) in [6.07, 6.45) is 1.89. The first-order chi connectivity index (χ1) is 7.72. The molecule has 16 heavy (non-hydrogen) atoms. The number of nitrogens with zero attached hydrogens (tertiary/aromatic N) is 2. The van der Waals surface area contributed by atoms with E-state index in [4.69, 9.17) is 0 Å². The van der Waals surface area contributed by atoms with Crippen molar-refractivity contribution in [2.45, 2.75) is 20.4 Å². The maximum Gasteiger partial charge on any atom is 0.133 e. The molecule has 2 heterocycles. The largest absolute Gasteiger partial charge is 0.356 e. The molecule has 0 amide bonds. The lowest BCUT2D eigenvalue weighted by atomic mass is 10.0. The predicted octanol–water partition coefficient (Wildman–Crippen LogP) is 1.89. The van der Waals surface area contributed by atoms with Crippen molar-refractivity contribution in [2.24, 2.45) is 11.8 Å². The van der Waals surface area contributed by atoms with Crippen LogP contribution in [0.5, 0.6) is 0 Å². The molecule has 0 aromatic carbocycles. The van der Waals surface area contributed by atoms with Gasteiger partial charge in [0, 0.05) is 31.4 Å². The smallest absolute Gasteiger partial charge is 0.133 e. The number of hydrogen-bond donors (Lipinski definition) is 1. The molecule has 0 saturated carbocycles. The Balaban J connectivity index is 2.20. The molecule has 88 valence electrons. The summed E-state index contributed by atoms with van der Waals surface area (Å²) in [5.41, 5.74) is 1.30. The summed E-state index contributed by atoms with van der Waals surface area (Å²) < 4.78 is 0. The SMILES string of the molecule is CNCc1cccnc1N1CC(C)C(C)C1. The maximum atomic E-state index is 4.53. The third kappa shape index (κ3) is 2.19. The van der Waals surface area contributed by atoms with Crippen LogP contribution in [0.15, 0.2) is 18.3 Å². The molecule has 1 aliphatic rings. The number of rotatable bonds is 3. The van der Waals surface area contributed by atoms with E-state index in [2.05, 4.69) is 35.1 Å². The lowest BCUT2D eigenvalue weighted by Gasteiger charge is -2.20. The topological polar surface area (TPSA) is 28.2 Å². The molecule has 0 spiro atoms. The minimum Gasteiger partial charge on any atom is -0.356 e. The molecule has 3 nitrogen and oxygen atoms in total. The van der Waals surface area contributed by atoms with E-state index in [1.54, 1.807) is 0 Å². The number of nitrogens with one attached hydrogen (secondary N) is 1. The molecule has 1 N–H and O–H groups in total. The van der Waals surface area contributed by atoms with Crippen LogP contribution in [0.2, 0.25) is 0 Å². The molecule has 1 aliphatic heterocycles. The fourth-order valence-electron chi connectivity index (χ4n) is 2.35. The Morgan fingerprint density at radius 2 is 2.06 bits per heavy atom. The van der Waals surface area contributed by atoms with Gasteiger partial charge in [0.15, 0.2) is 0 Å². The lowest BCUT2D eigenvalue weighted by Crippen LogP contribution is -2.23. The zero-order chi connectivity index (χ0) is 11.5. The van der Waals surface area contributed by atoms with Gasteiger partial charge in [0.1, 0.15) is 5.82 Å². The van der Waals surface area contributed by atoms with Crippen LogP contribution in [0.25, 0.3) is 0 Å². The third-order valence-electron chi connectivity index (χ3n) is 3.52. The van der Waals surface area contributed by atoms with Crippen molar-refractivity contribution < 1.29 is 0 Å². The van der Waals surface area contributed by atoms with E-state index < -0.39 is 0 Å². The first-order valence-corrected chi connectivity index (χ1v) is 6.05. The van der Waals surface area contributed by atoms with E-state index in [1.165, 1.54) is 5.56 Å². The van der Waals surface area contributed by atoms with Gasteiger partial charge in [-0.2, -0.15) is 0 Å². The summed E-state index contributed by atoms with van der Waals surface area (Å²) in [7, 11) is 1.98. The van der Waals surface area contributed by atoms with Gasteiger partial charge in [-0.05, 0) is 24.9 Å². The Kier molecular flexibility index (Phi) is 3.44. The molecule has 1 fully saturated rings. The number of aromatic nitrogens is 1. The van der Waals surface area contributed by atoms with Crippen LogP contribution >= 0.6 is 0 Å². The van der Waals surface area contributed by atoms with E-state index in [1.807, 2.05) is 19.3 Å². The van der Waals surface area contributed by atoms with Crippen molar-refractivity contribution >= 4 is 5.82 Å². The van der Waals surface area contributed by atoms with Gasteiger partial charge in [-0.15, -0.1) is 0 Å². The Bertz CT molecular complexity index is 341. The summed E-state index contributed by atoms with van der Waals surface area (Å²) in [6.45, 7) is 7.81. The molecule has 1 aromatic rings. The normalized spacial score (nSPS) is 25.1. The van der Waals surface area contributed by atoms with Crippen LogP contribution in [0.4, 0.5) is 5.82 Å². The predicted molar refractivity (Wildman–Crippen MR) is 67.5 cm³/mol. The van der Waals surface area contributed by atoms with Crippen molar-refractivity contribution in [3.05, 3.63) is 23.9 Å². The fourth-order valence-corrected chi connectivity index (χ4v) is 2.35. The standard InChI is InChI=1S/C13H21N3/c1-10-8-16(9-11(10)2)13-12(7-14-3)5-4-6-15-13/h4-6,10-11,14H,7-9H2,1-3H3. The molecule has 3 heteroatoms. The molecule has 1 saturated heterocycles. The van der Waals surface area contributed by atoms with Crippen molar-refractivity contribution in [1.82, 2.24) is 10.3 Å². The number of anilines is 1. The van der Waals surface area contributed by atoms with Gasteiger partial charge in [0.2, 0.25) is 0 Å². The summed E-state index contributed by atoms with van der Waals surface area (Å²) >= 11 is 0. The Morgan fingerprint density at radius 3 is 2.69 bits per heavy atom. The summed E-state index contributed by atoms with van der Waals surface area (Å²) in [4.78, 5) is 6.95. The van der Waals surface area contributed by atoms with E-state index in [0.717, 1.165) is 37.3 Å². The Morgan fingerprint density at radius 1 is 1.38 bits per heavy atom. The third-order valence-corrected chi connectivity index (χ3v) is 3.52. The highest BCUT2D eigenvalue weighted by atomic mass is 15.2. The zero-order valence-corrected chi connectivity index (χ0v) is 10.4. The number of hydrogen-bond acceptors (Lipinski definition) is 3. The highest BCUT2D eigenvalue weighted by molar-refractivity contribution is 5.47. The molecule has 2 unspecified atom stereocenters. The van der Waals surface area contributed by atoms with E-state index in [9.17, 15) is 0 Å². The first kappa shape index (κ1) is 11.4. The highest BCUT2D eigenvalue weighted by Crippen LogP contribution is 2.28. The molecule has 0 bridgehead atoms. The minimum atomic E-state index is 0.768. The molecule has 0 aliphatic carbocycles. The molecule has 2 atom stereocenters. The second kappa shape index (κ2) is 4.83. The summed E-state index contributed by atoms with van der Waals surface area (Å²) in [6, 6.07) is 4.17. The monoisotopic (exact) mass is 219 g/mol. The van der Waals surface area contributed by atoms with Crippen LogP contribution in [-0.4, -0.2) is 25.1 Å². The van der Waals surface area contributed by atoms with Crippen LogP contribution in [0.3, 0.4) is 0 Å². The van der Waals surface area contributed by atoms with Crippen LogP contribution in [0.1, 0.15) is 19.4 Å². The van der Waals surface area contributed by atoms with Crippen LogP contribution in [0, 0.1) is 11.8 Å². The maximum absolute atomic E-state index is 4.53. The van der Waals surface area contributed by atoms with E-state index in [0.29, 0.717) is 0 Å². The summed E-state index contributed by atoms with van der Waals surface area (Å²) in [5, 5.41) is 3.20. The molecular weight excluding hydrogens is 198 g/mol. The van der Waals surface area contributed by atoms with Crippen LogP contribution < -0.4 is 10.2 Å². The molecule has 2 rings (SSSR count). The fraction of sp³-hybridized carbons (Fsp3) is 0.615. The Labute approximate surface area is 97.9 Å². The van der Waals surface area contributed by atoms with Gasteiger partial charge in [0.05, 0.1) is 0 Å². The quantitative estimate of drug-likeness (QED) is 0.841. The minimum absolute atomic E-state index is 0.768. The lowest BCUT2D eigenvalue weighted by molar-refractivity contribution is 0.494. The van der Waals surface area contributed by atoms with E-state index >= 15 is 0 Å². The average Bonchev–Trinajstić information content (AvgIpc) is 2.60. The van der Waals surface area contributed by atoms with Crippen molar-refractivity contribution in [2.75, 3.05) is 25.0 Å². The van der Waals surface area contributed by atoms with Crippen molar-refractivity contribution in [3.63, 3.8) is 0 Å². The summed E-state index contributed by atoms with van der Waals surface area (Å²) in [5.74, 6) is 2.70. The van der Waals surface area contributed by atoms with Gasteiger partial charge in [0.25, 0.3) is 0 Å². The first-order valence-electron chi connectivity index (χ1n) is 6.05. The van der Waals surface area contributed by atoms with Crippen molar-refractivity contribution in [3.8, 4) is 0 Å². The van der Waals surface area contributed by atoms with Gasteiger partial charge < -0.3 is 10.2 Å². The molecule has 0 radical (unpaired) electrons. The molecular formula is C13H21N3. The average molecular weight is 219 g/mol. The van der Waals surface area contributed by atoms with Gasteiger partial charge in [-0.3, -0.25) is 0 Å². The van der Waals surface area contributed by atoms with Crippen LogP contribution in [-0.2, 0) is 6.54 Å². The van der Waals surface area contributed by atoms with Gasteiger partial charge in [-0.25, -0.2) is 4.98 Å². The highest BCUT2D eigenvalue weighted by Gasteiger charge is 2.27.